The molecule has 1 aliphatic rings. The summed E-state index contributed by atoms with van der Waals surface area (Å²) in [5.74, 6) is -0.439. The van der Waals surface area contributed by atoms with Crippen LogP contribution >= 0.6 is 11.3 Å². The number of ether oxygens (including phenoxy) is 1. The van der Waals surface area contributed by atoms with Gasteiger partial charge in [-0.05, 0) is 18.9 Å². The Morgan fingerprint density at radius 2 is 1.88 bits per heavy atom. The maximum absolute atomic E-state index is 11.5. The van der Waals surface area contributed by atoms with Crippen LogP contribution in [-0.2, 0) is 15.6 Å². The first-order valence-corrected chi connectivity index (χ1v) is 9.23. The average Bonchev–Trinajstić information content (AvgIpc) is 3.06. The largest absolute Gasteiger partial charge is 0.464 e. The summed E-state index contributed by atoms with van der Waals surface area (Å²) in [5.41, 5.74) is 3.44. The minimum absolute atomic E-state index is 0.0902. The molecule has 0 saturated carbocycles. The number of rotatable bonds is 3. The Labute approximate surface area is 153 Å². The second-order valence-electron chi connectivity index (χ2n) is 7.87. The van der Waals surface area contributed by atoms with Crippen LogP contribution in [0.1, 0.15) is 72.2 Å². The van der Waals surface area contributed by atoms with Crippen molar-refractivity contribution in [3.05, 3.63) is 51.7 Å². The van der Waals surface area contributed by atoms with E-state index < -0.39 is 5.97 Å². The van der Waals surface area contributed by atoms with E-state index in [9.17, 15) is 4.79 Å². The first kappa shape index (κ1) is 17.8. The molecule has 0 aromatic carbocycles. The molecule has 0 radical (unpaired) electrons. The second kappa shape index (κ2) is 6.06. The van der Waals surface area contributed by atoms with Gasteiger partial charge in [-0.25, -0.2) is 14.8 Å². The first-order valence-electron chi connectivity index (χ1n) is 8.41. The smallest absolute Gasteiger partial charge is 0.356 e. The summed E-state index contributed by atoms with van der Waals surface area (Å²) >= 11 is 1.73. The third-order valence-corrected chi connectivity index (χ3v) is 6.50. The Bertz CT molecular complexity index is 798. The number of aromatic nitrogens is 2. The van der Waals surface area contributed by atoms with Crippen LogP contribution in [0.5, 0.6) is 0 Å². The standard InChI is InChI=1S/C20H24N2O2S/c1-12(13-7-8-14(21-11-13)18(23)24-6)17-22-15-16(25-17)20(4,5)10-9-19(15,2)3/h7-8,11H,1,9-10H2,2-6H3. The predicted molar refractivity (Wildman–Crippen MR) is 101 cm³/mol. The van der Waals surface area contributed by atoms with Crippen molar-refractivity contribution in [1.29, 1.82) is 0 Å². The molecule has 25 heavy (non-hydrogen) atoms. The molecule has 0 fully saturated rings. The molecule has 0 saturated heterocycles. The van der Waals surface area contributed by atoms with Gasteiger partial charge in [-0.15, -0.1) is 11.3 Å². The number of fused-ring (bicyclic) bond motifs is 1. The van der Waals surface area contributed by atoms with Crippen LogP contribution in [0, 0.1) is 0 Å². The molecule has 0 spiro atoms. The topological polar surface area (TPSA) is 52.1 Å². The Hall–Kier alpha value is -2.01. The van der Waals surface area contributed by atoms with Gasteiger partial charge in [0.15, 0.2) is 0 Å². The van der Waals surface area contributed by atoms with Gasteiger partial charge in [0.25, 0.3) is 0 Å². The molecule has 2 heterocycles. The van der Waals surface area contributed by atoms with E-state index in [1.54, 1.807) is 23.6 Å². The van der Waals surface area contributed by atoms with Gasteiger partial charge < -0.3 is 4.74 Å². The van der Waals surface area contributed by atoms with E-state index in [0.717, 1.165) is 29.0 Å². The van der Waals surface area contributed by atoms with Crippen LogP contribution in [0.2, 0.25) is 0 Å². The lowest BCUT2D eigenvalue weighted by Gasteiger charge is -2.37. The van der Waals surface area contributed by atoms with E-state index >= 15 is 0 Å². The maximum atomic E-state index is 11.5. The molecule has 3 rings (SSSR count). The van der Waals surface area contributed by atoms with E-state index in [1.165, 1.54) is 17.7 Å². The molecule has 1 aliphatic carbocycles. The number of methoxy groups -OCH3 is 1. The fourth-order valence-corrected chi connectivity index (χ4v) is 4.51. The quantitative estimate of drug-likeness (QED) is 0.746. The molecular formula is C20H24N2O2S. The highest BCUT2D eigenvalue weighted by atomic mass is 32.1. The molecule has 132 valence electrons. The number of carbonyl (C=O) groups excluding carboxylic acids is 1. The zero-order valence-corrected chi connectivity index (χ0v) is 16.3. The van der Waals surface area contributed by atoms with Gasteiger partial charge in [-0.2, -0.15) is 0 Å². The highest BCUT2D eigenvalue weighted by Crippen LogP contribution is 2.48. The summed E-state index contributed by atoms with van der Waals surface area (Å²) in [4.78, 5) is 22.0. The molecule has 0 amide bonds. The van der Waals surface area contributed by atoms with E-state index in [2.05, 4.69) is 44.0 Å². The van der Waals surface area contributed by atoms with E-state index in [0.29, 0.717) is 5.69 Å². The number of hydrogen-bond acceptors (Lipinski definition) is 5. The van der Waals surface area contributed by atoms with Crippen molar-refractivity contribution >= 4 is 22.9 Å². The molecule has 4 nitrogen and oxygen atoms in total. The SMILES string of the molecule is C=C(c1ccc(C(=O)OC)nc1)c1nc2c(s1)C(C)(C)CCC2(C)C. The summed E-state index contributed by atoms with van der Waals surface area (Å²) in [6.45, 7) is 13.3. The van der Waals surface area contributed by atoms with Crippen LogP contribution in [0.4, 0.5) is 0 Å². The molecule has 2 aromatic heterocycles. The number of carbonyl (C=O) groups is 1. The second-order valence-corrected chi connectivity index (χ2v) is 8.87. The van der Waals surface area contributed by atoms with Crippen molar-refractivity contribution in [2.24, 2.45) is 0 Å². The van der Waals surface area contributed by atoms with Crippen LogP contribution in [-0.4, -0.2) is 23.0 Å². The van der Waals surface area contributed by atoms with Crippen molar-refractivity contribution in [2.45, 2.75) is 51.4 Å². The van der Waals surface area contributed by atoms with Gasteiger partial charge in [-0.1, -0.05) is 40.3 Å². The molecule has 0 N–H and O–H groups in total. The highest BCUT2D eigenvalue weighted by molar-refractivity contribution is 7.13. The van der Waals surface area contributed by atoms with Crippen molar-refractivity contribution in [2.75, 3.05) is 7.11 Å². The molecule has 0 aliphatic heterocycles. The van der Waals surface area contributed by atoms with Crippen molar-refractivity contribution in [1.82, 2.24) is 9.97 Å². The lowest BCUT2D eigenvalue weighted by atomic mass is 9.69. The number of hydrogen-bond donors (Lipinski definition) is 0. The Kier molecular flexibility index (Phi) is 4.31. The van der Waals surface area contributed by atoms with E-state index in [1.807, 2.05) is 6.07 Å². The Balaban J connectivity index is 1.96. The van der Waals surface area contributed by atoms with Gasteiger partial charge in [-0.3, -0.25) is 0 Å². The molecule has 0 unspecified atom stereocenters. The third-order valence-electron chi connectivity index (χ3n) is 5.02. The predicted octanol–water partition coefficient (Wildman–Crippen LogP) is 4.74. The summed E-state index contributed by atoms with van der Waals surface area (Å²) in [6, 6.07) is 3.51. The summed E-state index contributed by atoms with van der Waals surface area (Å²) in [7, 11) is 1.35. The van der Waals surface area contributed by atoms with Crippen LogP contribution in [0.25, 0.3) is 5.57 Å². The minimum Gasteiger partial charge on any atom is -0.464 e. The van der Waals surface area contributed by atoms with Crippen LogP contribution in [0.3, 0.4) is 0 Å². The van der Waals surface area contributed by atoms with Crippen LogP contribution < -0.4 is 0 Å². The number of thiazole rings is 1. The van der Waals surface area contributed by atoms with E-state index in [4.69, 9.17) is 4.98 Å². The normalized spacial score (nSPS) is 17.6. The number of pyridine rings is 1. The summed E-state index contributed by atoms with van der Waals surface area (Å²) < 4.78 is 4.69. The molecule has 0 bridgehead atoms. The molecule has 0 atom stereocenters. The van der Waals surface area contributed by atoms with Gasteiger partial charge >= 0.3 is 5.97 Å². The van der Waals surface area contributed by atoms with Gasteiger partial charge in [0, 0.05) is 33.0 Å². The van der Waals surface area contributed by atoms with Crippen molar-refractivity contribution in [3.63, 3.8) is 0 Å². The zero-order chi connectivity index (χ0) is 18.4. The molecular weight excluding hydrogens is 332 g/mol. The van der Waals surface area contributed by atoms with Gasteiger partial charge in [0.2, 0.25) is 0 Å². The molecule has 2 aromatic rings. The van der Waals surface area contributed by atoms with Gasteiger partial charge in [0.1, 0.15) is 10.7 Å². The third kappa shape index (κ3) is 3.13. The Morgan fingerprint density at radius 1 is 1.20 bits per heavy atom. The van der Waals surface area contributed by atoms with Crippen molar-refractivity contribution in [3.8, 4) is 0 Å². The number of nitrogens with zero attached hydrogens (tertiary/aromatic N) is 2. The van der Waals surface area contributed by atoms with E-state index in [-0.39, 0.29) is 10.8 Å². The number of esters is 1. The lowest BCUT2D eigenvalue weighted by molar-refractivity contribution is 0.0594. The monoisotopic (exact) mass is 356 g/mol. The fraction of sp³-hybridized carbons (Fsp3) is 0.450. The first-order chi connectivity index (χ1) is 11.7. The van der Waals surface area contributed by atoms with Gasteiger partial charge in [0.05, 0.1) is 12.8 Å². The maximum Gasteiger partial charge on any atom is 0.356 e. The zero-order valence-electron chi connectivity index (χ0n) is 15.5. The fourth-order valence-electron chi connectivity index (χ4n) is 3.14. The molecule has 5 heteroatoms. The van der Waals surface area contributed by atoms with Crippen molar-refractivity contribution < 1.29 is 9.53 Å². The van der Waals surface area contributed by atoms with Crippen LogP contribution in [0.15, 0.2) is 24.9 Å². The average molecular weight is 356 g/mol. The minimum atomic E-state index is -0.439. The lowest BCUT2D eigenvalue weighted by Crippen LogP contribution is -2.32. The summed E-state index contributed by atoms with van der Waals surface area (Å²) in [5, 5.41) is 0.931. The Morgan fingerprint density at radius 3 is 2.44 bits per heavy atom. The summed E-state index contributed by atoms with van der Waals surface area (Å²) in [6.07, 6.45) is 3.96. The highest BCUT2D eigenvalue weighted by Gasteiger charge is 2.40.